The molecule has 1 aromatic carbocycles. The lowest BCUT2D eigenvalue weighted by Crippen LogP contribution is -2.50. The third-order valence-corrected chi connectivity index (χ3v) is 5.75. The van der Waals surface area contributed by atoms with Gasteiger partial charge in [-0.2, -0.15) is 0 Å². The number of para-hydroxylation sites is 1. The molecule has 0 fully saturated rings. The van der Waals surface area contributed by atoms with Gasteiger partial charge in [0.15, 0.2) is 0 Å². The van der Waals surface area contributed by atoms with Crippen LogP contribution in [0.25, 0.3) is 0 Å². The van der Waals surface area contributed by atoms with Gasteiger partial charge in [0.25, 0.3) is 5.91 Å². The Hall–Kier alpha value is -2.65. The Kier molecular flexibility index (Phi) is 7.50. The number of amides is 3. The van der Waals surface area contributed by atoms with Gasteiger partial charge in [0.05, 0.1) is 19.2 Å². The first-order valence-electron chi connectivity index (χ1n) is 10.1. The first kappa shape index (κ1) is 23.0. The molecule has 166 valence electrons. The zero-order valence-electron chi connectivity index (χ0n) is 17.8. The molecule has 1 aromatic heterocycles. The van der Waals surface area contributed by atoms with Crippen LogP contribution in [-0.2, 0) is 0 Å². The topological polar surface area (TPSA) is 95.0 Å². The SMILES string of the molecule is C[C@H]1CN([C@@H](C)CO)C(=O)c2cc(Br)cnc2O[C@H]1CN(C)C(=O)Nc1ccccc1. The number of benzene rings is 1. The lowest BCUT2D eigenvalue weighted by molar-refractivity contribution is 0.0356. The summed E-state index contributed by atoms with van der Waals surface area (Å²) in [6.07, 6.45) is 1.17. The third-order valence-electron chi connectivity index (χ3n) is 5.31. The van der Waals surface area contributed by atoms with Crippen molar-refractivity contribution in [3.05, 3.63) is 52.6 Å². The highest BCUT2D eigenvalue weighted by Crippen LogP contribution is 2.28. The molecule has 1 aliphatic heterocycles. The van der Waals surface area contributed by atoms with Crippen LogP contribution in [-0.4, -0.2) is 70.7 Å². The molecule has 2 heterocycles. The van der Waals surface area contributed by atoms with Crippen LogP contribution in [0.4, 0.5) is 10.5 Å². The van der Waals surface area contributed by atoms with E-state index in [4.69, 9.17) is 4.74 Å². The molecule has 3 rings (SSSR count). The van der Waals surface area contributed by atoms with E-state index in [0.29, 0.717) is 28.8 Å². The Labute approximate surface area is 190 Å². The average molecular weight is 491 g/mol. The number of fused-ring (bicyclic) bond motifs is 1. The number of carbonyl (C=O) groups is 2. The van der Waals surface area contributed by atoms with E-state index in [9.17, 15) is 14.7 Å². The summed E-state index contributed by atoms with van der Waals surface area (Å²) in [5.74, 6) is -0.133. The van der Waals surface area contributed by atoms with E-state index < -0.39 is 6.10 Å². The van der Waals surface area contributed by atoms with Gasteiger partial charge in [-0.3, -0.25) is 4.79 Å². The van der Waals surface area contributed by atoms with Crippen molar-refractivity contribution < 1.29 is 19.4 Å². The second-order valence-electron chi connectivity index (χ2n) is 7.81. The van der Waals surface area contributed by atoms with Crippen LogP contribution in [0.3, 0.4) is 0 Å². The largest absolute Gasteiger partial charge is 0.472 e. The van der Waals surface area contributed by atoms with Crippen LogP contribution < -0.4 is 10.1 Å². The molecule has 31 heavy (non-hydrogen) atoms. The zero-order chi connectivity index (χ0) is 22.5. The van der Waals surface area contributed by atoms with Crippen molar-refractivity contribution in [1.29, 1.82) is 0 Å². The Morgan fingerprint density at radius 2 is 2.13 bits per heavy atom. The van der Waals surface area contributed by atoms with Crippen molar-refractivity contribution in [1.82, 2.24) is 14.8 Å². The second kappa shape index (κ2) is 10.1. The quantitative estimate of drug-likeness (QED) is 0.670. The highest BCUT2D eigenvalue weighted by Gasteiger charge is 2.34. The summed E-state index contributed by atoms with van der Waals surface area (Å²) in [7, 11) is 1.70. The molecule has 0 saturated heterocycles. The van der Waals surface area contributed by atoms with Gasteiger partial charge in [-0.25, -0.2) is 9.78 Å². The summed E-state index contributed by atoms with van der Waals surface area (Å²) < 4.78 is 6.80. The first-order chi connectivity index (χ1) is 14.8. The summed E-state index contributed by atoms with van der Waals surface area (Å²) >= 11 is 3.36. The second-order valence-corrected chi connectivity index (χ2v) is 8.72. The van der Waals surface area contributed by atoms with Gasteiger partial charge < -0.3 is 25.0 Å². The van der Waals surface area contributed by atoms with E-state index in [1.807, 2.05) is 37.3 Å². The zero-order valence-corrected chi connectivity index (χ0v) is 19.4. The van der Waals surface area contributed by atoms with Crippen molar-refractivity contribution in [3.8, 4) is 5.88 Å². The number of carbonyl (C=O) groups excluding carboxylic acids is 2. The highest BCUT2D eigenvalue weighted by atomic mass is 79.9. The van der Waals surface area contributed by atoms with Gasteiger partial charge in [-0.15, -0.1) is 0 Å². The first-order valence-corrected chi connectivity index (χ1v) is 10.9. The predicted molar refractivity (Wildman–Crippen MR) is 121 cm³/mol. The molecule has 9 heteroatoms. The summed E-state index contributed by atoms with van der Waals surface area (Å²) in [4.78, 5) is 33.3. The summed E-state index contributed by atoms with van der Waals surface area (Å²) in [5.41, 5.74) is 1.03. The van der Waals surface area contributed by atoms with Crippen LogP contribution in [0, 0.1) is 5.92 Å². The van der Waals surface area contributed by atoms with E-state index in [2.05, 4.69) is 26.2 Å². The number of halogens is 1. The van der Waals surface area contributed by atoms with E-state index in [-0.39, 0.29) is 36.4 Å². The molecule has 0 spiro atoms. The molecule has 2 N–H and O–H groups in total. The van der Waals surface area contributed by atoms with Gasteiger partial charge >= 0.3 is 6.03 Å². The van der Waals surface area contributed by atoms with Crippen LogP contribution in [0.1, 0.15) is 24.2 Å². The van der Waals surface area contributed by atoms with Gasteiger partial charge in [0.1, 0.15) is 11.7 Å². The Morgan fingerprint density at radius 1 is 1.42 bits per heavy atom. The number of urea groups is 1. The fraction of sp³-hybridized carbons (Fsp3) is 0.409. The maximum atomic E-state index is 13.1. The average Bonchev–Trinajstić information content (AvgIpc) is 2.76. The molecular formula is C22H27BrN4O4. The van der Waals surface area contributed by atoms with Crippen molar-refractivity contribution in [2.45, 2.75) is 26.0 Å². The molecule has 2 aromatic rings. The molecule has 0 saturated carbocycles. The molecule has 1 aliphatic rings. The van der Waals surface area contributed by atoms with Gasteiger partial charge in [-0.05, 0) is 41.1 Å². The van der Waals surface area contributed by atoms with Crippen LogP contribution in [0.15, 0.2) is 47.1 Å². The minimum atomic E-state index is -0.402. The lowest BCUT2D eigenvalue weighted by Gasteiger charge is -2.37. The molecule has 8 nitrogen and oxygen atoms in total. The van der Waals surface area contributed by atoms with E-state index in [0.717, 1.165) is 0 Å². The molecule has 0 aliphatic carbocycles. The van der Waals surface area contributed by atoms with Crippen molar-refractivity contribution in [2.75, 3.05) is 32.1 Å². The number of hydrogen-bond acceptors (Lipinski definition) is 5. The Morgan fingerprint density at radius 3 is 2.81 bits per heavy atom. The lowest BCUT2D eigenvalue weighted by atomic mass is 10.0. The number of likely N-dealkylation sites (N-methyl/N-ethyl adjacent to an activating group) is 1. The van der Waals surface area contributed by atoms with Crippen LogP contribution in [0.5, 0.6) is 5.88 Å². The van der Waals surface area contributed by atoms with E-state index >= 15 is 0 Å². The smallest absolute Gasteiger partial charge is 0.321 e. The number of nitrogens with zero attached hydrogens (tertiary/aromatic N) is 3. The standard InChI is InChI=1S/C22H27BrN4O4/c1-14-11-27(15(2)13-28)21(29)18-9-16(23)10-24-20(18)31-19(14)12-26(3)22(30)25-17-7-5-4-6-8-17/h4-10,14-15,19,28H,11-13H2,1-3H3,(H,25,30)/t14-,15-,19-/m0/s1. The normalized spacial score (nSPS) is 19.5. The predicted octanol–water partition coefficient (Wildman–Crippen LogP) is 3.23. The van der Waals surface area contributed by atoms with Gasteiger partial charge in [0, 0.05) is 35.9 Å². The molecular weight excluding hydrogens is 464 g/mol. The number of aliphatic hydroxyl groups excluding tert-OH is 1. The number of hydrogen-bond donors (Lipinski definition) is 2. The molecule has 0 unspecified atom stereocenters. The number of aliphatic hydroxyl groups is 1. The van der Waals surface area contributed by atoms with Crippen molar-refractivity contribution in [3.63, 3.8) is 0 Å². The minimum Gasteiger partial charge on any atom is -0.472 e. The number of aromatic nitrogens is 1. The minimum absolute atomic E-state index is 0.108. The van der Waals surface area contributed by atoms with E-state index in [1.54, 1.807) is 36.0 Å². The van der Waals surface area contributed by atoms with E-state index in [1.165, 1.54) is 0 Å². The number of pyridine rings is 1. The van der Waals surface area contributed by atoms with Crippen LogP contribution in [0.2, 0.25) is 0 Å². The summed E-state index contributed by atoms with van der Waals surface area (Å²) in [5, 5.41) is 12.5. The fourth-order valence-electron chi connectivity index (χ4n) is 3.39. The van der Waals surface area contributed by atoms with Gasteiger partial charge in [-0.1, -0.05) is 25.1 Å². The van der Waals surface area contributed by atoms with Gasteiger partial charge in [0.2, 0.25) is 5.88 Å². The van der Waals surface area contributed by atoms with Crippen LogP contribution >= 0.6 is 15.9 Å². The fourth-order valence-corrected chi connectivity index (χ4v) is 3.72. The number of rotatable bonds is 5. The maximum Gasteiger partial charge on any atom is 0.321 e. The number of nitrogens with one attached hydrogen (secondary N) is 1. The van der Waals surface area contributed by atoms with Crippen molar-refractivity contribution >= 4 is 33.6 Å². The molecule has 3 atom stereocenters. The number of ether oxygens (including phenoxy) is 1. The third kappa shape index (κ3) is 5.54. The Bertz CT molecular complexity index is 927. The monoisotopic (exact) mass is 490 g/mol. The molecule has 3 amide bonds. The summed E-state index contributed by atoms with van der Waals surface area (Å²) in [6, 6.07) is 10.3. The molecule has 0 bridgehead atoms. The van der Waals surface area contributed by atoms with Crippen molar-refractivity contribution in [2.24, 2.45) is 5.92 Å². The number of anilines is 1. The molecule has 0 radical (unpaired) electrons. The summed E-state index contributed by atoms with van der Waals surface area (Å²) in [6.45, 7) is 4.28. The highest BCUT2D eigenvalue weighted by molar-refractivity contribution is 9.10. The maximum absolute atomic E-state index is 13.1. The Balaban J connectivity index is 1.83.